The van der Waals surface area contributed by atoms with Gasteiger partial charge >= 0.3 is 17.9 Å². The Hall–Kier alpha value is -1.59. The second-order valence-corrected chi connectivity index (χ2v) is 17.3. The van der Waals surface area contributed by atoms with E-state index in [9.17, 15) is 14.4 Å². The molecule has 0 spiro atoms. The van der Waals surface area contributed by atoms with Gasteiger partial charge in [0, 0.05) is 19.3 Å². The van der Waals surface area contributed by atoms with E-state index in [0.29, 0.717) is 50.9 Å². The minimum Gasteiger partial charge on any atom is -0.466 e. The molecule has 0 fully saturated rings. The summed E-state index contributed by atoms with van der Waals surface area (Å²) in [5, 5.41) is 0. The SMILES string of the molecule is CCCCCCC(CCCC)COC(=O)CCCCCCCCC(CCCCCCCCC(=O)OCC(CCCC)CCCCCC)CCCCC(=O)OCC. The van der Waals surface area contributed by atoms with Gasteiger partial charge in [-0.1, -0.05) is 195 Å². The van der Waals surface area contributed by atoms with E-state index >= 15 is 0 Å². The summed E-state index contributed by atoms with van der Waals surface area (Å²) in [6.07, 6.45) is 41.4. The summed E-state index contributed by atoms with van der Waals surface area (Å²) in [5.41, 5.74) is 0. The van der Waals surface area contributed by atoms with Crippen molar-refractivity contribution in [2.45, 2.75) is 266 Å². The first-order valence-electron chi connectivity index (χ1n) is 24.9. The van der Waals surface area contributed by atoms with Crippen LogP contribution in [-0.4, -0.2) is 37.7 Å². The van der Waals surface area contributed by atoms with E-state index in [4.69, 9.17) is 14.2 Å². The first-order chi connectivity index (χ1) is 27.4. The van der Waals surface area contributed by atoms with Crippen molar-refractivity contribution in [1.82, 2.24) is 0 Å². The predicted molar refractivity (Wildman–Crippen MR) is 238 cm³/mol. The fraction of sp³-hybridized carbons (Fsp3) is 0.940. The number of hydrogen-bond acceptors (Lipinski definition) is 6. The molecule has 0 N–H and O–H groups in total. The lowest BCUT2D eigenvalue weighted by molar-refractivity contribution is -0.146. The van der Waals surface area contributed by atoms with E-state index in [1.165, 1.54) is 173 Å². The van der Waals surface area contributed by atoms with Crippen molar-refractivity contribution in [2.75, 3.05) is 19.8 Å². The molecule has 2 atom stereocenters. The van der Waals surface area contributed by atoms with Crippen molar-refractivity contribution in [1.29, 1.82) is 0 Å². The van der Waals surface area contributed by atoms with Crippen LogP contribution >= 0.6 is 0 Å². The minimum absolute atomic E-state index is 0.000390. The zero-order chi connectivity index (χ0) is 41.2. The van der Waals surface area contributed by atoms with Gasteiger partial charge in [-0.3, -0.25) is 14.4 Å². The minimum atomic E-state index is -0.0616. The molecule has 0 aromatic carbocycles. The summed E-state index contributed by atoms with van der Waals surface area (Å²) in [6, 6.07) is 0. The summed E-state index contributed by atoms with van der Waals surface area (Å²) in [6.45, 7) is 12.6. The zero-order valence-corrected chi connectivity index (χ0v) is 38.3. The Labute approximate surface area is 348 Å². The Bertz CT molecular complexity index is 802. The van der Waals surface area contributed by atoms with Gasteiger partial charge in [0.25, 0.3) is 0 Å². The summed E-state index contributed by atoms with van der Waals surface area (Å²) in [7, 11) is 0. The molecule has 0 aliphatic heterocycles. The van der Waals surface area contributed by atoms with Crippen molar-refractivity contribution in [3.8, 4) is 0 Å². The molecular weight excluding hydrogens is 697 g/mol. The zero-order valence-electron chi connectivity index (χ0n) is 38.3. The maximum absolute atomic E-state index is 12.4. The van der Waals surface area contributed by atoms with Gasteiger partial charge in [-0.15, -0.1) is 0 Å². The van der Waals surface area contributed by atoms with Crippen molar-refractivity contribution in [3.63, 3.8) is 0 Å². The highest BCUT2D eigenvalue weighted by molar-refractivity contribution is 5.69. The third-order valence-electron chi connectivity index (χ3n) is 11.9. The number of rotatable bonds is 44. The predicted octanol–water partition coefficient (Wildman–Crippen LogP) is 15.6. The first-order valence-corrected chi connectivity index (χ1v) is 24.9. The fourth-order valence-corrected chi connectivity index (χ4v) is 8.08. The maximum Gasteiger partial charge on any atom is 0.305 e. The van der Waals surface area contributed by atoms with Crippen LogP contribution in [0.3, 0.4) is 0 Å². The monoisotopic (exact) mass is 793 g/mol. The molecule has 6 nitrogen and oxygen atoms in total. The van der Waals surface area contributed by atoms with Gasteiger partial charge in [0.05, 0.1) is 19.8 Å². The number of carbonyl (C=O) groups is 3. The van der Waals surface area contributed by atoms with Gasteiger partial charge in [-0.05, 0) is 69.6 Å². The van der Waals surface area contributed by atoms with E-state index in [1.807, 2.05) is 6.92 Å². The van der Waals surface area contributed by atoms with Crippen LogP contribution in [0.2, 0.25) is 0 Å². The highest BCUT2D eigenvalue weighted by Crippen LogP contribution is 2.25. The van der Waals surface area contributed by atoms with E-state index in [1.54, 1.807) is 0 Å². The quantitative estimate of drug-likeness (QED) is 0.0347. The number of unbranched alkanes of at least 4 members (excludes halogenated alkanes) is 19. The summed E-state index contributed by atoms with van der Waals surface area (Å²) in [5.74, 6) is 1.75. The molecule has 0 aromatic rings. The van der Waals surface area contributed by atoms with E-state index < -0.39 is 0 Å². The number of ether oxygens (including phenoxy) is 3. The standard InChI is InChI=1S/C50H96O6/c1-6-11-15-25-38-46(33-13-8-3)43-55-49(52)40-29-23-19-17-21-27-35-45(37-31-32-42-48(51)54-10-5)36-28-22-18-20-24-30-41-50(53)56-44-47(34-14-9-4)39-26-16-12-7-2/h45-47H,6-44H2,1-5H3. The molecule has 0 aromatic heterocycles. The Morgan fingerprint density at radius 2 is 0.571 bits per heavy atom. The number of hydrogen-bond donors (Lipinski definition) is 0. The van der Waals surface area contributed by atoms with Gasteiger partial charge in [-0.25, -0.2) is 0 Å². The van der Waals surface area contributed by atoms with Crippen LogP contribution in [0.1, 0.15) is 266 Å². The average molecular weight is 793 g/mol. The molecule has 6 heteroatoms. The number of esters is 3. The highest BCUT2D eigenvalue weighted by atomic mass is 16.5. The maximum atomic E-state index is 12.4. The molecule has 0 aliphatic rings. The highest BCUT2D eigenvalue weighted by Gasteiger charge is 2.14. The number of carbonyl (C=O) groups excluding carboxylic acids is 3. The summed E-state index contributed by atoms with van der Waals surface area (Å²) in [4.78, 5) is 36.7. The Morgan fingerprint density at radius 1 is 0.304 bits per heavy atom. The topological polar surface area (TPSA) is 78.9 Å². The van der Waals surface area contributed by atoms with Gasteiger partial charge < -0.3 is 14.2 Å². The van der Waals surface area contributed by atoms with Crippen LogP contribution in [0.5, 0.6) is 0 Å². The molecule has 0 heterocycles. The second-order valence-electron chi connectivity index (χ2n) is 17.3. The Morgan fingerprint density at radius 3 is 0.946 bits per heavy atom. The van der Waals surface area contributed by atoms with Crippen molar-refractivity contribution in [2.24, 2.45) is 17.8 Å². The molecule has 0 radical (unpaired) electrons. The van der Waals surface area contributed by atoms with Crippen LogP contribution < -0.4 is 0 Å². The summed E-state index contributed by atoms with van der Waals surface area (Å²) < 4.78 is 16.6. The molecule has 56 heavy (non-hydrogen) atoms. The summed E-state index contributed by atoms with van der Waals surface area (Å²) >= 11 is 0. The molecule has 0 saturated carbocycles. The largest absolute Gasteiger partial charge is 0.466 e. The van der Waals surface area contributed by atoms with Crippen molar-refractivity contribution in [3.05, 3.63) is 0 Å². The van der Waals surface area contributed by atoms with E-state index in [-0.39, 0.29) is 17.9 Å². The van der Waals surface area contributed by atoms with Crippen LogP contribution in [0.25, 0.3) is 0 Å². The van der Waals surface area contributed by atoms with Crippen molar-refractivity contribution < 1.29 is 28.6 Å². The van der Waals surface area contributed by atoms with Gasteiger partial charge in [0.2, 0.25) is 0 Å². The van der Waals surface area contributed by atoms with Crippen LogP contribution in [0, 0.1) is 17.8 Å². The van der Waals surface area contributed by atoms with Gasteiger partial charge in [0.1, 0.15) is 0 Å². The molecule has 0 rings (SSSR count). The van der Waals surface area contributed by atoms with Crippen LogP contribution in [0.15, 0.2) is 0 Å². The van der Waals surface area contributed by atoms with Crippen LogP contribution in [-0.2, 0) is 28.6 Å². The van der Waals surface area contributed by atoms with E-state index in [0.717, 1.165) is 44.4 Å². The molecule has 2 unspecified atom stereocenters. The molecule has 0 bridgehead atoms. The third-order valence-corrected chi connectivity index (χ3v) is 11.9. The van der Waals surface area contributed by atoms with E-state index in [2.05, 4.69) is 27.7 Å². The molecule has 332 valence electrons. The van der Waals surface area contributed by atoms with Gasteiger partial charge in [0.15, 0.2) is 0 Å². The van der Waals surface area contributed by atoms with Crippen LogP contribution in [0.4, 0.5) is 0 Å². The molecule has 0 aliphatic carbocycles. The lowest BCUT2D eigenvalue weighted by Gasteiger charge is -2.17. The molecular formula is C50H96O6. The first kappa shape index (κ1) is 54.4. The third kappa shape index (κ3) is 38.0. The smallest absolute Gasteiger partial charge is 0.305 e. The fourth-order valence-electron chi connectivity index (χ4n) is 8.08. The normalized spacial score (nSPS) is 13.0. The van der Waals surface area contributed by atoms with Gasteiger partial charge in [-0.2, -0.15) is 0 Å². The average Bonchev–Trinajstić information content (AvgIpc) is 3.19. The molecule has 0 amide bonds. The second kappa shape index (κ2) is 43.0. The lowest BCUT2D eigenvalue weighted by atomic mass is 9.89. The Balaban J connectivity index is 4.27. The lowest BCUT2D eigenvalue weighted by Crippen LogP contribution is -2.14. The Kier molecular flexibility index (Phi) is 41.8. The molecule has 0 saturated heterocycles. The van der Waals surface area contributed by atoms with Crippen molar-refractivity contribution >= 4 is 17.9 Å².